The van der Waals surface area contributed by atoms with E-state index in [1.807, 2.05) is 0 Å². The summed E-state index contributed by atoms with van der Waals surface area (Å²) in [4.78, 5) is 11.8. The number of sulfonamides is 1. The lowest BCUT2D eigenvalue weighted by Gasteiger charge is -2.23. The number of aryl methyl sites for hydroxylation is 1. The Hall–Kier alpha value is -2.70. The third kappa shape index (κ3) is 5.37. The molecule has 0 bridgehead atoms. The Kier molecular flexibility index (Phi) is 7.06. The van der Waals surface area contributed by atoms with Crippen LogP contribution in [0.15, 0.2) is 52.9 Å². The topological polar surface area (TPSA) is 92.3 Å². The Bertz CT molecular complexity index is 1200. The largest absolute Gasteiger partial charge is 0.500 e. The van der Waals surface area contributed by atoms with Crippen molar-refractivity contribution in [1.29, 1.82) is 0 Å². The van der Waals surface area contributed by atoms with E-state index in [4.69, 9.17) is 11.6 Å². The van der Waals surface area contributed by atoms with Crippen molar-refractivity contribution in [3.8, 4) is 0 Å². The normalized spacial score (nSPS) is 11.9. The lowest BCUT2D eigenvalue weighted by Crippen LogP contribution is -2.43. The average molecular weight is 505 g/mol. The maximum absolute atomic E-state index is 13.4. The van der Waals surface area contributed by atoms with Gasteiger partial charge in [-0.1, -0.05) is 41.1 Å². The van der Waals surface area contributed by atoms with Crippen LogP contribution in [0.25, 0.3) is 0 Å². The zero-order valence-electron chi connectivity index (χ0n) is 16.4. The second-order valence-corrected chi connectivity index (χ2v) is 9.60. The molecule has 3 aromatic rings. The van der Waals surface area contributed by atoms with E-state index in [-0.39, 0.29) is 12.5 Å². The molecule has 0 saturated heterocycles. The molecule has 1 aromatic heterocycles. The van der Waals surface area contributed by atoms with E-state index in [1.54, 1.807) is 25.1 Å². The van der Waals surface area contributed by atoms with Crippen molar-refractivity contribution >= 4 is 44.0 Å². The number of alkyl halides is 3. The van der Waals surface area contributed by atoms with Crippen LogP contribution in [0, 0.1) is 6.92 Å². The molecule has 0 spiro atoms. The summed E-state index contributed by atoms with van der Waals surface area (Å²) in [5.74, 6) is -0.318. The first-order valence-electron chi connectivity index (χ1n) is 9.02. The molecule has 13 heteroatoms. The lowest BCUT2D eigenvalue weighted by molar-refractivity contribution is -0.115. The van der Waals surface area contributed by atoms with E-state index in [0.29, 0.717) is 33.9 Å². The number of amides is 1. The average Bonchev–Trinajstić information content (AvgIpc) is 3.22. The number of halogens is 4. The minimum absolute atomic E-state index is 0.232. The van der Waals surface area contributed by atoms with Crippen molar-refractivity contribution in [2.75, 3.05) is 10.8 Å². The highest BCUT2D eigenvalue weighted by Gasteiger charge is 2.48. The van der Waals surface area contributed by atoms with Crippen LogP contribution < -0.4 is 9.62 Å². The molecule has 0 aliphatic rings. The highest BCUT2D eigenvalue weighted by Crippen LogP contribution is 2.35. The molecular formula is C19H16ClF3N4O3S2. The molecule has 0 radical (unpaired) electrons. The first-order chi connectivity index (χ1) is 15.0. The molecule has 32 heavy (non-hydrogen) atoms. The van der Waals surface area contributed by atoms with E-state index >= 15 is 0 Å². The summed E-state index contributed by atoms with van der Waals surface area (Å²) in [7, 11) is -4.94. The van der Waals surface area contributed by atoms with Crippen molar-refractivity contribution in [3.63, 3.8) is 0 Å². The Morgan fingerprint density at radius 1 is 1.19 bits per heavy atom. The van der Waals surface area contributed by atoms with Crippen LogP contribution in [-0.4, -0.2) is 37.4 Å². The van der Waals surface area contributed by atoms with Crippen LogP contribution in [0.2, 0.25) is 5.02 Å². The molecule has 0 atom stereocenters. The molecule has 0 saturated carbocycles. The molecule has 0 aliphatic heterocycles. The maximum Gasteiger partial charge on any atom is 0.500 e. The van der Waals surface area contributed by atoms with Gasteiger partial charge in [0.15, 0.2) is 0 Å². The molecule has 0 fully saturated rings. The summed E-state index contributed by atoms with van der Waals surface area (Å²) in [6.07, 6.45) is -4.87. The molecule has 1 heterocycles. The fourth-order valence-corrected chi connectivity index (χ4v) is 5.07. The van der Waals surface area contributed by atoms with Crippen LogP contribution in [0.4, 0.5) is 18.3 Å². The number of rotatable bonds is 7. The number of hydrogen-bond donors (Lipinski definition) is 1. The second kappa shape index (κ2) is 9.43. The predicted octanol–water partition coefficient (Wildman–Crippen LogP) is 4.19. The monoisotopic (exact) mass is 504 g/mol. The molecule has 1 amide bonds. The highest BCUT2D eigenvalue weighted by molar-refractivity contribution is 7.93. The Morgan fingerprint density at radius 2 is 1.88 bits per heavy atom. The standard InChI is InChI=1S/C19H16ClF3N4O3S2/c1-12-2-5-14(20)10-16(12)17(28)24-9-8-13-3-6-15(7-4-13)32(29,30)27(19(21,22)23)18-26-25-11-31-18/h2-7,10-11H,8-9H2,1H3,(H,24,28). The van der Waals surface area contributed by atoms with Crippen LogP contribution in [0.1, 0.15) is 21.5 Å². The van der Waals surface area contributed by atoms with Gasteiger partial charge in [-0.3, -0.25) is 4.79 Å². The van der Waals surface area contributed by atoms with Crippen molar-refractivity contribution in [2.24, 2.45) is 0 Å². The van der Waals surface area contributed by atoms with Crippen LogP contribution in [0.5, 0.6) is 0 Å². The van der Waals surface area contributed by atoms with E-state index in [9.17, 15) is 26.4 Å². The number of aromatic nitrogens is 2. The number of carbonyl (C=O) groups is 1. The minimum atomic E-state index is -5.21. The summed E-state index contributed by atoms with van der Waals surface area (Å²) in [5, 5.41) is 8.87. The molecule has 7 nitrogen and oxygen atoms in total. The number of nitrogens with zero attached hydrogens (tertiary/aromatic N) is 3. The first kappa shape index (κ1) is 24.0. The Labute approximate surface area is 190 Å². The van der Waals surface area contributed by atoms with Gasteiger partial charge in [-0.05, 0) is 48.7 Å². The predicted molar refractivity (Wildman–Crippen MR) is 114 cm³/mol. The molecule has 0 unspecified atom stereocenters. The van der Waals surface area contributed by atoms with Gasteiger partial charge in [-0.2, -0.15) is 0 Å². The maximum atomic E-state index is 13.4. The molecule has 2 aromatic carbocycles. The van der Waals surface area contributed by atoms with Gasteiger partial charge in [-0.25, -0.2) is 8.42 Å². The molecule has 0 aliphatic carbocycles. The number of anilines is 1. The van der Waals surface area contributed by atoms with E-state index in [2.05, 4.69) is 15.5 Å². The summed E-state index contributed by atoms with van der Waals surface area (Å²) < 4.78 is 64.7. The van der Waals surface area contributed by atoms with E-state index in [1.165, 1.54) is 12.1 Å². The zero-order chi connectivity index (χ0) is 23.5. The quantitative estimate of drug-likeness (QED) is 0.487. The first-order valence-corrected chi connectivity index (χ1v) is 11.7. The minimum Gasteiger partial charge on any atom is -0.352 e. The van der Waals surface area contributed by atoms with Gasteiger partial charge in [0.25, 0.3) is 15.9 Å². The van der Waals surface area contributed by atoms with Crippen LogP contribution in [-0.2, 0) is 16.4 Å². The summed E-state index contributed by atoms with van der Waals surface area (Å²) >= 11 is 6.37. The van der Waals surface area contributed by atoms with Crippen molar-refractivity contribution in [3.05, 3.63) is 69.7 Å². The molecule has 1 N–H and O–H groups in total. The summed E-state index contributed by atoms with van der Waals surface area (Å²) in [5.41, 5.74) is 2.82. The molecular weight excluding hydrogens is 489 g/mol. The second-order valence-electron chi connectivity index (χ2n) is 6.57. The lowest BCUT2D eigenvalue weighted by atomic mass is 10.1. The van der Waals surface area contributed by atoms with Gasteiger partial charge in [0.2, 0.25) is 5.13 Å². The fraction of sp³-hybridized carbons (Fsp3) is 0.211. The number of hydrogen-bond acceptors (Lipinski definition) is 6. The number of carbonyl (C=O) groups excluding carboxylic acids is 1. The van der Waals surface area contributed by atoms with E-state index < -0.39 is 30.7 Å². The van der Waals surface area contributed by atoms with Gasteiger partial charge in [0.1, 0.15) is 5.51 Å². The van der Waals surface area contributed by atoms with Gasteiger partial charge in [-0.15, -0.1) is 27.7 Å². The smallest absolute Gasteiger partial charge is 0.352 e. The third-order valence-corrected chi connectivity index (χ3v) is 7.11. The van der Waals surface area contributed by atoms with E-state index in [0.717, 1.165) is 23.2 Å². The van der Waals surface area contributed by atoms with Crippen LogP contribution >= 0.6 is 22.9 Å². The zero-order valence-corrected chi connectivity index (χ0v) is 18.8. The van der Waals surface area contributed by atoms with Gasteiger partial charge < -0.3 is 5.32 Å². The SMILES string of the molecule is Cc1ccc(Cl)cc1C(=O)NCCc1ccc(S(=O)(=O)N(c2nncs2)C(F)(F)F)cc1. The van der Waals surface area contributed by atoms with Crippen molar-refractivity contribution < 1.29 is 26.4 Å². The summed E-state index contributed by atoms with van der Waals surface area (Å²) in [6, 6.07) is 9.88. The van der Waals surface area contributed by atoms with Gasteiger partial charge in [0.05, 0.1) is 4.90 Å². The van der Waals surface area contributed by atoms with Gasteiger partial charge >= 0.3 is 6.30 Å². The van der Waals surface area contributed by atoms with Crippen LogP contribution in [0.3, 0.4) is 0 Å². The number of nitrogens with one attached hydrogen (secondary N) is 1. The Morgan fingerprint density at radius 3 is 2.47 bits per heavy atom. The molecule has 3 rings (SSSR count). The number of benzene rings is 2. The van der Waals surface area contributed by atoms with Gasteiger partial charge in [0, 0.05) is 17.1 Å². The van der Waals surface area contributed by atoms with Crippen molar-refractivity contribution in [2.45, 2.75) is 24.5 Å². The fourth-order valence-electron chi connectivity index (χ4n) is 2.79. The summed E-state index contributed by atoms with van der Waals surface area (Å²) in [6.45, 7) is 2.01. The molecule has 170 valence electrons. The van der Waals surface area contributed by atoms with Crippen molar-refractivity contribution in [1.82, 2.24) is 15.5 Å². The Balaban J connectivity index is 1.69. The third-order valence-electron chi connectivity index (χ3n) is 4.36. The highest BCUT2D eigenvalue weighted by atomic mass is 35.5.